The summed E-state index contributed by atoms with van der Waals surface area (Å²) < 4.78 is 0. The average molecular weight is 207 g/mol. The van der Waals surface area contributed by atoms with E-state index in [0.29, 0.717) is 10.8 Å². The van der Waals surface area contributed by atoms with E-state index in [-0.39, 0.29) is 5.75 Å². The van der Waals surface area contributed by atoms with E-state index in [4.69, 9.17) is 11.6 Å². The first kappa shape index (κ1) is 8.97. The molecule has 0 aliphatic heterocycles. The number of phenols is 1. The van der Waals surface area contributed by atoms with Gasteiger partial charge in [-0.2, -0.15) is 0 Å². The zero-order chi connectivity index (χ0) is 9.97. The first-order chi connectivity index (χ1) is 6.75. The van der Waals surface area contributed by atoms with Crippen LogP contribution in [-0.2, 0) is 0 Å². The van der Waals surface area contributed by atoms with Gasteiger partial charge in [-0.25, -0.2) is 0 Å². The lowest BCUT2D eigenvalue weighted by Crippen LogP contribution is -1.86. The maximum Gasteiger partial charge on any atom is 0.151 e. The molecular weight excluding hydrogens is 200 g/mol. The van der Waals surface area contributed by atoms with Gasteiger partial charge in [0.25, 0.3) is 0 Å². The van der Waals surface area contributed by atoms with Crippen molar-refractivity contribution in [2.45, 2.75) is 0 Å². The van der Waals surface area contributed by atoms with Gasteiger partial charge >= 0.3 is 0 Å². The van der Waals surface area contributed by atoms with Crippen LogP contribution in [0, 0.1) is 0 Å². The Morgan fingerprint density at radius 1 is 1.07 bits per heavy atom. The summed E-state index contributed by atoms with van der Waals surface area (Å²) in [7, 11) is 0. The van der Waals surface area contributed by atoms with E-state index in [1.165, 1.54) is 0 Å². The number of hydrogen-bond donors (Lipinski definition) is 1. The maximum absolute atomic E-state index is 9.25. The molecular formula is C10H7ClN2O. The normalized spacial score (nSPS) is 10.1. The summed E-state index contributed by atoms with van der Waals surface area (Å²) in [5.41, 5.74) is 1.50. The van der Waals surface area contributed by atoms with Crippen LogP contribution in [0.5, 0.6) is 5.75 Å². The predicted octanol–water partition coefficient (Wildman–Crippen LogP) is 2.50. The lowest BCUT2D eigenvalue weighted by atomic mass is 10.1. The van der Waals surface area contributed by atoms with Gasteiger partial charge < -0.3 is 5.11 Å². The predicted molar refractivity (Wildman–Crippen MR) is 54.1 cm³/mol. The third-order valence-electron chi connectivity index (χ3n) is 1.77. The average Bonchev–Trinajstić information content (AvgIpc) is 2.19. The number of aromatic nitrogens is 2. The summed E-state index contributed by atoms with van der Waals surface area (Å²) in [6, 6.07) is 10.2. The Balaban J connectivity index is 2.44. The van der Waals surface area contributed by atoms with Gasteiger partial charge in [0.15, 0.2) is 5.15 Å². The van der Waals surface area contributed by atoms with Gasteiger partial charge in [-0.15, -0.1) is 10.2 Å². The van der Waals surface area contributed by atoms with E-state index >= 15 is 0 Å². The second-order valence-corrected chi connectivity index (χ2v) is 3.18. The molecule has 4 heteroatoms. The topological polar surface area (TPSA) is 46.0 Å². The molecule has 0 fully saturated rings. The van der Waals surface area contributed by atoms with Crippen LogP contribution in [0.15, 0.2) is 36.4 Å². The molecule has 0 amide bonds. The van der Waals surface area contributed by atoms with Gasteiger partial charge in [-0.1, -0.05) is 23.7 Å². The summed E-state index contributed by atoms with van der Waals surface area (Å²) in [6.45, 7) is 0. The second kappa shape index (κ2) is 3.64. The van der Waals surface area contributed by atoms with Gasteiger partial charge in [0, 0.05) is 5.56 Å². The molecule has 2 rings (SSSR count). The Kier molecular flexibility index (Phi) is 2.33. The van der Waals surface area contributed by atoms with Crippen molar-refractivity contribution in [1.29, 1.82) is 0 Å². The minimum Gasteiger partial charge on any atom is -0.508 e. The van der Waals surface area contributed by atoms with Crippen molar-refractivity contribution in [2.24, 2.45) is 0 Å². The smallest absolute Gasteiger partial charge is 0.151 e. The highest BCUT2D eigenvalue weighted by Gasteiger charge is 2.00. The number of halogens is 1. The summed E-state index contributed by atoms with van der Waals surface area (Å²) in [5.74, 6) is 0.208. The Labute approximate surface area is 86.0 Å². The SMILES string of the molecule is Oc1cccc(-c2ccc(Cl)nn2)c1. The fourth-order valence-electron chi connectivity index (χ4n) is 1.14. The van der Waals surface area contributed by atoms with E-state index in [1.807, 2.05) is 6.07 Å². The highest BCUT2D eigenvalue weighted by molar-refractivity contribution is 6.29. The van der Waals surface area contributed by atoms with Crippen molar-refractivity contribution < 1.29 is 5.11 Å². The lowest BCUT2D eigenvalue weighted by molar-refractivity contribution is 0.475. The molecule has 1 aromatic carbocycles. The molecule has 2 aromatic rings. The Morgan fingerprint density at radius 2 is 1.93 bits per heavy atom. The largest absolute Gasteiger partial charge is 0.508 e. The van der Waals surface area contributed by atoms with Crippen molar-refractivity contribution in [3.63, 3.8) is 0 Å². The monoisotopic (exact) mass is 206 g/mol. The number of rotatable bonds is 1. The highest BCUT2D eigenvalue weighted by atomic mass is 35.5. The third kappa shape index (κ3) is 1.83. The number of nitrogens with zero attached hydrogens (tertiary/aromatic N) is 2. The van der Waals surface area contributed by atoms with Crippen LogP contribution in [0.4, 0.5) is 0 Å². The number of aromatic hydroxyl groups is 1. The van der Waals surface area contributed by atoms with Crippen molar-refractivity contribution in [3.05, 3.63) is 41.6 Å². The van der Waals surface area contributed by atoms with E-state index in [9.17, 15) is 5.11 Å². The highest BCUT2D eigenvalue weighted by Crippen LogP contribution is 2.21. The molecule has 3 nitrogen and oxygen atoms in total. The molecule has 0 aliphatic carbocycles. The van der Waals surface area contributed by atoms with Crippen LogP contribution in [-0.4, -0.2) is 15.3 Å². The first-order valence-corrected chi connectivity index (χ1v) is 4.42. The van der Waals surface area contributed by atoms with E-state index in [0.717, 1.165) is 5.56 Å². The molecule has 0 saturated carbocycles. The van der Waals surface area contributed by atoms with Crippen LogP contribution in [0.2, 0.25) is 5.15 Å². The minimum absolute atomic E-state index is 0.208. The summed E-state index contributed by atoms with van der Waals surface area (Å²) >= 11 is 5.61. The van der Waals surface area contributed by atoms with E-state index in [1.54, 1.807) is 30.3 Å². The number of phenolic OH excluding ortho intramolecular Hbond substituents is 1. The van der Waals surface area contributed by atoms with Crippen molar-refractivity contribution in [2.75, 3.05) is 0 Å². The van der Waals surface area contributed by atoms with Gasteiger partial charge in [-0.3, -0.25) is 0 Å². The molecule has 70 valence electrons. The summed E-state index contributed by atoms with van der Waals surface area (Å²) in [4.78, 5) is 0. The Morgan fingerprint density at radius 3 is 2.57 bits per heavy atom. The quantitative estimate of drug-likeness (QED) is 0.780. The Hall–Kier alpha value is -1.61. The summed E-state index contributed by atoms with van der Waals surface area (Å²) in [5, 5.41) is 17.2. The van der Waals surface area contributed by atoms with Gasteiger partial charge in [-0.05, 0) is 24.3 Å². The fraction of sp³-hybridized carbons (Fsp3) is 0. The van der Waals surface area contributed by atoms with E-state index in [2.05, 4.69) is 10.2 Å². The van der Waals surface area contributed by atoms with Crippen LogP contribution in [0.25, 0.3) is 11.3 Å². The van der Waals surface area contributed by atoms with Crippen molar-refractivity contribution >= 4 is 11.6 Å². The minimum atomic E-state index is 0.208. The molecule has 0 aliphatic rings. The molecule has 1 aromatic heterocycles. The van der Waals surface area contributed by atoms with Crippen molar-refractivity contribution in [1.82, 2.24) is 10.2 Å². The van der Waals surface area contributed by atoms with Gasteiger partial charge in [0.05, 0.1) is 5.69 Å². The first-order valence-electron chi connectivity index (χ1n) is 4.04. The van der Waals surface area contributed by atoms with Crippen LogP contribution in [0.1, 0.15) is 0 Å². The molecule has 0 saturated heterocycles. The maximum atomic E-state index is 9.25. The van der Waals surface area contributed by atoms with Crippen LogP contribution in [0.3, 0.4) is 0 Å². The standard InChI is InChI=1S/C10H7ClN2O/c11-10-5-4-9(12-13-10)7-2-1-3-8(14)6-7/h1-6,14H. The molecule has 0 unspecified atom stereocenters. The fourth-order valence-corrected chi connectivity index (χ4v) is 1.24. The molecule has 0 spiro atoms. The summed E-state index contributed by atoms with van der Waals surface area (Å²) in [6.07, 6.45) is 0. The zero-order valence-corrected chi connectivity index (χ0v) is 7.94. The van der Waals surface area contributed by atoms with E-state index < -0.39 is 0 Å². The molecule has 1 N–H and O–H groups in total. The van der Waals surface area contributed by atoms with Crippen molar-refractivity contribution in [3.8, 4) is 17.0 Å². The van der Waals surface area contributed by atoms with Crippen LogP contribution >= 0.6 is 11.6 Å². The van der Waals surface area contributed by atoms with Gasteiger partial charge in [0.2, 0.25) is 0 Å². The number of hydrogen-bond acceptors (Lipinski definition) is 3. The Bertz CT molecular complexity index is 442. The third-order valence-corrected chi connectivity index (χ3v) is 1.98. The number of benzene rings is 1. The molecule has 0 radical (unpaired) electrons. The van der Waals surface area contributed by atoms with Gasteiger partial charge in [0.1, 0.15) is 5.75 Å². The second-order valence-electron chi connectivity index (χ2n) is 2.79. The van der Waals surface area contributed by atoms with Crippen LogP contribution < -0.4 is 0 Å². The molecule has 0 bridgehead atoms. The zero-order valence-electron chi connectivity index (χ0n) is 7.18. The molecule has 1 heterocycles. The lowest BCUT2D eigenvalue weighted by Gasteiger charge is -1.99. The molecule has 14 heavy (non-hydrogen) atoms. The molecule has 0 atom stereocenters.